The van der Waals surface area contributed by atoms with Crippen molar-refractivity contribution in [3.63, 3.8) is 0 Å². The van der Waals surface area contributed by atoms with Gasteiger partial charge in [0.05, 0.1) is 0 Å². The fourth-order valence-corrected chi connectivity index (χ4v) is 3.97. The summed E-state index contributed by atoms with van der Waals surface area (Å²) in [5, 5.41) is 3.01. The molecule has 0 spiro atoms. The lowest BCUT2D eigenvalue weighted by molar-refractivity contribution is -0.143. The van der Waals surface area contributed by atoms with E-state index in [9.17, 15) is 9.59 Å². The summed E-state index contributed by atoms with van der Waals surface area (Å²) in [7, 11) is 0. The lowest BCUT2D eigenvalue weighted by atomic mass is 10.0. The summed E-state index contributed by atoms with van der Waals surface area (Å²) >= 11 is 0. The molecule has 0 aliphatic carbocycles. The number of hydrogen-bond acceptors (Lipinski definition) is 3. The minimum atomic E-state index is -0.670. The first-order valence-electron chi connectivity index (χ1n) is 12.1. The van der Waals surface area contributed by atoms with Gasteiger partial charge in [0.2, 0.25) is 5.91 Å². The molecule has 0 heterocycles. The molecule has 0 unspecified atom stereocenters. The first-order chi connectivity index (χ1) is 16.7. The van der Waals surface area contributed by atoms with Gasteiger partial charge >= 0.3 is 0 Å². The molecule has 0 aliphatic rings. The number of aryl methyl sites for hydroxylation is 3. The molecule has 35 heavy (non-hydrogen) atoms. The molecule has 0 radical (unpaired) electrons. The highest BCUT2D eigenvalue weighted by molar-refractivity contribution is 5.88. The van der Waals surface area contributed by atoms with Crippen LogP contribution < -0.4 is 10.1 Å². The molecule has 3 rings (SSSR count). The SMILES string of the molecule is Cc1cccc(CN(C(=O)COc2ccc(C)c(C)c2)[C@H](Cc2ccccc2)C(=O)NC(C)C)c1. The predicted molar refractivity (Wildman–Crippen MR) is 140 cm³/mol. The van der Waals surface area contributed by atoms with Crippen molar-refractivity contribution in [2.75, 3.05) is 6.61 Å². The lowest BCUT2D eigenvalue weighted by Gasteiger charge is -2.32. The second-order valence-electron chi connectivity index (χ2n) is 9.41. The smallest absolute Gasteiger partial charge is 0.261 e. The van der Waals surface area contributed by atoms with Crippen molar-refractivity contribution in [2.24, 2.45) is 0 Å². The highest BCUT2D eigenvalue weighted by Gasteiger charge is 2.31. The van der Waals surface area contributed by atoms with Gasteiger partial charge in [-0.1, -0.05) is 66.2 Å². The van der Waals surface area contributed by atoms with Gasteiger partial charge in [-0.2, -0.15) is 0 Å². The third-order valence-electron chi connectivity index (χ3n) is 5.98. The normalized spacial score (nSPS) is 11.7. The van der Waals surface area contributed by atoms with E-state index in [1.54, 1.807) is 4.90 Å². The molecule has 0 aromatic heterocycles. The van der Waals surface area contributed by atoms with E-state index in [-0.39, 0.29) is 24.5 Å². The van der Waals surface area contributed by atoms with Crippen molar-refractivity contribution in [1.29, 1.82) is 0 Å². The van der Waals surface area contributed by atoms with Gasteiger partial charge in [0.15, 0.2) is 6.61 Å². The maximum Gasteiger partial charge on any atom is 0.261 e. The van der Waals surface area contributed by atoms with Gasteiger partial charge < -0.3 is 15.0 Å². The molecule has 0 saturated carbocycles. The van der Waals surface area contributed by atoms with Crippen LogP contribution in [0, 0.1) is 20.8 Å². The maximum atomic E-state index is 13.6. The van der Waals surface area contributed by atoms with Crippen LogP contribution in [0.5, 0.6) is 5.75 Å². The number of amides is 2. The van der Waals surface area contributed by atoms with E-state index < -0.39 is 6.04 Å². The Morgan fingerprint density at radius 2 is 1.57 bits per heavy atom. The van der Waals surface area contributed by atoms with Gasteiger partial charge in [0.1, 0.15) is 11.8 Å². The Morgan fingerprint density at radius 3 is 2.23 bits per heavy atom. The van der Waals surface area contributed by atoms with Crippen molar-refractivity contribution >= 4 is 11.8 Å². The Labute approximate surface area is 209 Å². The van der Waals surface area contributed by atoms with E-state index in [0.29, 0.717) is 18.7 Å². The van der Waals surface area contributed by atoms with Gasteiger partial charge in [-0.05, 0) is 69.0 Å². The van der Waals surface area contributed by atoms with Gasteiger partial charge in [-0.3, -0.25) is 9.59 Å². The highest BCUT2D eigenvalue weighted by atomic mass is 16.5. The van der Waals surface area contributed by atoms with E-state index in [1.807, 2.05) is 107 Å². The Hall–Kier alpha value is -3.60. The van der Waals surface area contributed by atoms with E-state index in [2.05, 4.69) is 5.32 Å². The van der Waals surface area contributed by atoms with Crippen LogP contribution in [0.2, 0.25) is 0 Å². The lowest BCUT2D eigenvalue weighted by Crippen LogP contribution is -2.52. The molecule has 3 aromatic carbocycles. The number of nitrogens with one attached hydrogen (secondary N) is 1. The van der Waals surface area contributed by atoms with Crippen molar-refractivity contribution in [2.45, 2.75) is 59.7 Å². The number of carbonyl (C=O) groups excluding carboxylic acids is 2. The predicted octanol–water partition coefficient (Wildman–Crippen LogP) is 5.16. The van der Waals surface area contributed by atoms with Crippen LogP contribution in [0.4, 0.5) is 0 Å². The van der Waals surface area contributed by atoms with Crippen molar-refractivity contribution in [3.8, 4) is 5.75 Å². The molecular weight excluding hydrogens is 436 g/mol. The molecule has 0 bridgehead atoms. The van der Waals surface area contributed by atoms with Gasteiger partial charge in [0, 0.05) is 19.0 Å². The first kappa shape index (κ1) is 26.0. The zero-order valence-corrected chi connectivity index (χ0v) is 21.4. The van der Waals surface area contributed by atoms with Crippen LogP contribution in [-0.2, 0) is 22.6 Å². The topological polar surface area (TPSA) is 58.6 Å². The molecule has 5 heteroatoms. The van der Waals surface area contributed by atoms with Crippen LogP contribution in [0.25, 0.3) is 0 Å². The Morgan fingerprint density at radius 1 is 0.857 bits per heavy atom. The zero-order chi connectivity index (χ0) is 25.4. The number of rotatable bonds is 10. The highest BCUT2D eigenvalue weighted by Crippen LogP contribution is 2.19. The van der Waals surface area contributed by atoms with Gasteiger partial charge in [-0.15, -0.1) is 0 Å². The molecule has 0 aliphatic heterocycles. The fraction of sp³-hybridized carbons (Fsp3) is 0.333. The molecule has 0 saturated heterocycles. The molecule has 0 fully saturated rings. The molecule has 1 atom stereocenters. The van der Waals surface area contributed by atoms with E-state index in [4.69, 9.17) is 4.74 Å². The van der Waals surface area contributed by atoms with Crippen LogP contribution in [0.1, 0.15) is 41.7 Å². The zero-order valence-electron chi connectivity index (χ0n) is 21.4. The van der Waals surface area contributed by atoms with Crippen LogP contribution in [0.15, 0.2) is 72.8 Å². The standard InChI is InChI=1S/C30H36N2O3/c1-21(2)31-30(34)28(18-25-11-7-6-8-12-25)32(19-26-13-9-10-22(3)16-26)29(33)20-35-27-15-14-23(4)24(5)17-27/h6-17,21,28H,18-20H2,1-5H3,(H,31,34)/t28-/m1/s1. The second kappa shape index (κ2) is 12.2. The number of benzene rings is 3. The Bertz CT molecular complexity index is 1140. The number of carbonyl (C=O) groups is 2. The van der Waals surface area contributed by atoms with Crippen molar-refractivity contribution in [3.05, 3.63) is 101 Å². The van der Waals surface area contributed by atoms with Gasteiger partial charge in [-0.25, -0.2) is 0 Å². The summed E-state index contributed by atoms with van der Waals surface area (Å²) in [6, 6.07) is 22.9. The Balaban J connectivity index is 1.91. The average Bonchev–Trinajstić information content (AvgIpc) is 2.82. The monoisotopic (exact) mass is 472 g/mol. The number of hydrogen-bond donors (Lipinski definition) is 1. The average molecular weight is 473 g/mol. The van der Waals surface area contributed by atoms with E-state index in [1.165, 1.54) is 0 Å². The van der Waals surface area contributed by atoms with Crippen LogP contribution >= 0.6 is 0 Å². The summed E-state index contributed by atoms with van der Waals surface area (Å²) in [4.78, 5) is 28.6. The van der Waals surface area contributed by atoms with E-state index >= 15 is 0 Å². The summed E-state index contributed by atoms with van der Waals surface area (Å²) in [6.07, 6.45) is 0.417. The van der Waals surface area contributed by atoms with E-state index in [0.717, 1.165) is 27.8 Å². The molecule has 5 nitrogen and oxygen atoms in total. The van der Waals surface area contributed by atoms with Crippen molar-refractivity contribution in [1.82, 2.24) is 10.2 Å². The number of nitrogens with zero attached hydrogens (tertiary/aromatic N) is 1. The number of ether oxygens (including phenoxy) is 1. The third-order valence-corrected chi connectivity index (χ3v) is 5.98. The summed E-state index contributed by atoms with van der Waals surface area (Å²) in [5.41, 5.74) is 5.34. The minimum absolute atomic E-state index is 0.0384. The summed E-state index contributed by atoms with van der Waals surface area (Å²) < 4.78 is 5.88. The largest absolute Gasteiger partial charge is 0.484 e. The second-order valence-corrected chi connectivity index (χ2v) is 9.41. The molecule has 184 valence electrons. The minimum Gasteiger partial charge on any atom is -0.484 e. The Kier molecular flexibility index (Phi) is 9.07. The fourth-order valence-electron chi connectivity index (χ4n) is 3.97. The summed E-state index contributed by atoms with van der Waals surface area (Å²) in [5.74, 6) is 0.240. The quantitative estimate of drug-likeness (QED) is 0.444. The summed E-state index contributed by atoms with van der Waals surface area (Å²) in [6.45, 7) is 10.1. The molecule has 1 N–H and O–H groups in total. The molecular formula is C30H36N2O3. The molecule has 3 aromatic rings. The first-order valence-corrected chi connectivity index (χ1v) is 12.1. The van der Waals surface area contributed by atoms with Gasteiger partial charge in [0.25, 0.3) is 5.91 Å². The third kappa shape index (κ3) is 7.71. The maximum absolute atomic E-state index is 13.6. The molecule has 2 amide bonds. The van der Waals surface area contributed by atoms with Crippen LogP contribution in [-0.4, -0.2) is 35.4 Å². The van der Waals surface area contributed by atoms with Crippen molar-refractivity contribution < 1.29 is 14.3 Å². The van der Waals surface area contributed by atoms with Crippen LogP contribution in [0.3, 0.4) is 0 Å².